The van der Waals surface area contributed by atoms with Crippen molar-refractivity contribution in [3.63, 3.8) is 0 Å². The minimum Gasteiger partial charge on any atom is -0.469 e. The third kappa shape index (κ3) is 3.10. The van der Waals surface area contributed by atoms with E-state index in [9.17, 15) is 4.79 Å². The number of carbonyl (C=O) groups is 1. The van der Waals surface area contributed by atoms with E-state index in [2.05, 4.69) is 25.7 Å². The number of thiazole rings is 1. The molecule has 0 N–H and O–H groups in total. The van der Waals surface area contributed by atoms with Crippen molar-refractivity contribution in [3.8, 4) is 10.6 Å². The zero-order valence-electron chi connectivity index (χ0n) is 9.44. The zero-order chi connectivity index (χ0) is 13.1. The number of benzene rings is 1. The summed E-state index contributed by atoms with van der Waals surface area (Å²) in [6.45, 7) is 0. The van der Waals surface area contributed by atoms with E-state index in [1.54, 1.807) is 0 Å². The maximum atomic E-state index is 11.1. The van der Waals surface area contributed by atoms with Crippen LogP contribution in [0, 0.1) is 0 Å². The van der Waals surface area contributed by atoms with E-state index < -0.39 is 0 Å². The van der Waals surface area contributed by atoms with Crippen LogP contribution < -0.4 is 0 Å². The van der Waals surface area contributed by atoms with Gasteiger partial charge in [-0.15, -0.1) is 11.3 Å². The maximum absolute atomic E-state index is 11.1. The van der Waals surface area contributed by atoms with E-state index >= 15 is 0 Å². The lowest BCUT2D eigenvalue weighted by atomic mass is 10.2. The summed E-state index contributed by atoms with van der Waals surface area (Å²) in [6, 6.07) is 5.61. The molecule has 2 aromatic rings. The number of hydrogen-bond acceptors (Lipinski definition) is 4. The van der Waals surface area contributed by atoms with Crippen LogP contribution in [0.2, 0.25) is 5.02 Å². The van der Waals surface area contributed by atoms with Gasteiger partial charge in [0.05, 0.1) is 24.2 Å². The predicted octanol–water partition coefficient (Wildman–Crippen LogP) is 3.94. The lowest BCUT2D eigenvalue weighted by Crippen LogP contribution is -2.04. The smallest absolute Gasteiger partial charge is 0.311 e. The fraction of sp³-hybridized carbons (Fsp3) is 0.167. The number of methoxy groups -OCH3 is 1. The van der Waals surface area contributed by atoms with Crippen LogP contribution in [0.3, 0.4) is 0 Å². The van der Waals surface area contributed by atoms with Gasteiger partial charge in [-0.2, -0.15) is 0 Å². The number of carbonyl (C=O) groups excluding carboxylic acids is 1. The first-order valence-electron chi connectivity index (χ1n) is 5.07. The first-order chi connectivity index (χ1) is 8.60. The summed E-state index contributed by atoms with van der Waals surface area (Å²) >= 11 is 10.8. The molecule has 1 aromatic carbocycles. The summed E-state index contributed by atoms with van der Waals surface area (Å²) < 4.78 is 5.43. The van der Waals surface area contributed by atoms with Crippen LogP contribution in [0.4, 0.5) is 0 Å². The van der Waals surface area contributed by atoms with Gasteiger partial charge in [-0.05, 0) is 28.1 Å². The molecule has 0 fully saturated rings. The molecular weight excluding hydrogens is 338 g/mol. The summed E-state index contributed by atoms with van der Waals surface area (Å²) in [6.07, 6.45) is 0.196. The second-order valence-corrected chi connectivity index (χ2v) is 5.65. The minimum absolute atomic E-state index is 0.196. The van der Waals surface area contributed by atoms with Crippen LogP contribution in [0.1, 0.15) is 5.69 Å². The van der Waals surface area contributed by atoms with Crippen molar-refractivity contribution in [3.05, 3.63) is 38.8 Å². The van der Waals surface area contributed by atoms with Gasteiger partial charge in [0, 0.05) is 15.4 Å². The van der Waals surface area contributed by atoms with Crippen LogP contribution in [0.15, 0.2) is 28.1 Å². The van der Waals surface area contributed by atoms with Gasteiger partial charge in [0.2, 0.25) is 0 Å². The van der Waals surface area contributed by atoms with E-state index in [-0.39, 0.29) is 12.4 Å². The predicted molar refractivity (Wildman–Crippen MR) is 76.0 cm³/mol. The molecule has 2 rings (SSSR count). The standard InChI is InChI=1S/C12H9BrClNO2S/c1-17-11(16)5-8-6-18-12(15-8)7-2-3-10(14)9(13)4-7/h2-4,6H,5H2,1H3. The molecule has 0 atom stereocenters. The molecule has 0 bridgehead atoms. The van der Waals surface area contributed by atoms with Crippen LogP contribution in [-0.4, -0.2) is 18.1 Å². The lowest BCUT2D eigenvalue weighted by molar-refractivity contribution is -0.139. The fourth-order valence-corrected chi connectivity index (χ4v) is 2.68. The van der Waals surface area contributed by atoms with E-state index in [4.69, 9.17) is 11.6 Å². The summed E-state index contributed by atoms with van der Waals surface area (Å²) in [7, 11) is 1.37. The molecule has 18 heavy (non-hydrogen) atoms. The number of esters is 1. The quantitative estimate of drug-likeness (QED) is 0.790. The number of aromatic nitrogens is 1. The van der Waals surface area contributed by atoms with E-state index in [1.165, 1.54) is 18.4 Å². The average molecular weight is 347 g/mol. The SMILES string of the molecule is COC(=O)Cc1csc(-c2ccc(Cl)c(Br)c2)n1. The Hall–Kier alpha value is -0.910. The Bertz CT molecular complexity index is 585. The van der Waals surface area contributed by atoms with Gasteiger partial charge in [0.25, 0.3) is 0 Å². The Kier molecular flexibility index (Phi) is 4.37. The third-order valence-electron chi connectivity index (χ3n) is 2.27. The van der Waals surface area contributed by atoms with Crippen molar-refractivity contribution in [2.75, 3.05) is 7.11 Å². The van der Waals surface area contributed by atoms with Crippen molar-refractivity contribution < 1.29 is 9.53 Å². The van der Waals surface area contributed by atoms with Gasteiger partial charge in [0.15, 0.2) is 0 Å². The first kappa shape index (κ1) is 13.5. The Morgan fingerprint density at radius 3 is 3.00 bits per heavy atom. The molecule has 0 saturated carbocycles. The van der Waals surface area contributed by atoms with Crippen molar-refractivity contribution in [2.45, 2.75) is 6.42 Å². The van der Waals surface area contributed by atoms with E-state index in [1.807, 2.05) is 23.6 Å². The van der Waals surface area contributed by atoms with Crippen molar-refractivity contribution in [1.82, 2.24) is 4.98 Å². The fourth-order valence-electron chi connectivity index (χ4n) is 1.37. The van der Waals surface area contributed by atoms with Gasteiger partial charge in [-0.3, -0.25) is 4.79 Å². The van der Waals surface area contributed by atoms with Gasteiger partial charge in [0.1, 0.15) is 5.01 Å². The number of nitrogens with zero attached hydrogens (tertiary/aromatic N) is 1. The van der Waals surface area contributed by atoms with Gasteiger partial charge in [-0.1, -0.05) is 17.7 Å². The molecule has 1 heterocycles. The molecule has 0 radical (unpaired) electrons. The number of hydrogen-bond donors (Lipinski definition) is 0. The molecule has 94 valence electrons. The molecule has 0 aliphatic rings. The van der Waals surface area contributed by atoms with Crippen molar-refractivity contribution >= 4 is 44.8 Å². The van der Waals surface area contributed by atoms with E-state index in [0.29, 0.717) is 10.7 Å². The van der Waals surface area contributed by atoms with Crippen molar-refractivity contribution in [2.24, 2.45) is 0 Å². The van der Waals surface area contributed by atoms with Crippen LogP contribution in [0.25, 0.3) is 10.6 Å². The van der Waals surface area contributed by atoms with Gasteiger partial charge in [-0.25, -0.2) is 4.98 Å². The Morgan fingerprint density at radius 1 is 1.56 bits per heavy atom. The topological polar surface area (TPSA) is 39.2 Å². The molecule has 3 nitrogen and oxygen atoms in total. The van der Waals surface area contributed by atoms with Gasteiger partial charge < -0.3 is 4.74 Å². The lowest BCUT2D eigenvalue weighted by Gasteiger charge is -1.99. The zero-order valence-corrected chi connectivity index (χ0v) is 12.6. The molecule has 0 unspecified atom stereocenters. The normalized spacial score (nSPS) is 10.4. The highest BCUT2D eigenvalue weighted by atomic mass is 79.9. The summed E-state index contributed by atoms with van der Waals surface area (Å²) in [5, 5.41) is 3.37. The summed E-state index contributed by atoms with van der Waals surface area (Å²) in [4.78, 5) is 15.5. The molecular formula is C12H9BrClNO2S. The molecule has 0 saturated heterocycles. The monoisotopic (exact) mass is 345 g/mol. The largest absolute Gasteiger partial charge is 0.469 e. The average Bonchev–Trinajstić information content (AvgIpc) is 2.81. The van der Waals surface area contributed by atoms with Crippen molar-refractivity contribution in [1.29, 1.82) is 0 Å². The highest BCUT2D eigenvalue weighted by Gasteiger charge is 2.10. The number of halogens is 2. The second kappa shape index (κ2) is 5.82. The van der Waals surface area contributed by atoms with Crippen LogP contribution in [-0.2, 0) is 16.0 Å². The maximum Gasteiger partial charge on any atom is 0.311 e. The van der Waals surface area contributed by atoms with E-state index in [0.717, 1.165) is 15.0 Å². The summed E-state index contributed by atoms with van der Waals surface area (Å²) in [5.74, 6) is -0.288. The minimum atomic E-state index is -0.288. The number of rotatable bonds is 3. The molecule has 0 aliphatic heterocycles. The van der Waals surface area contributed by atoms with Gasteiger partial charge >= 0.3 is 5.97 Å². The highest BCUT2D eigenvalue weighted by molar-refractivity contribution is 9.10. The number of ether oxygens (including phenoxy) is 1. The Morgan fingerprint density at radius 2 is 2.33 bits per heavy atom. The first-order valence-corrected chi connectivity index (χ1v) is 7.12. The second-order valence-electron chi connectivity index (χ2n) is 3.53. The highest BCUT2D eigenvalue weighted by Crippen LogP contribution is 2.30. The third-order valence-corrected chi connectivity index (χ3v) is 4.43. The molecule has 0 spiro atoms. The Labute approximate surface area is 122 Å². The Balaban J connectivity index is 2.23. The van der Waals surface area contributed by atoms with Crippen LogP contribution >= 0.6 is 38.9 Å². The molecule has 0 amide bonds. The van der Waals surface area contributed by atoms with Crippen LogP contribution in [0.5, 0.6) is 0 Å². The summed E-state index contributed by atoms with van der Waals surface area (Å²) in [5.41, 5.74) is 1.68. The molecule has 1 aromatic heterocycles. The molecule has 6 heteroatoms. The molecule has 0 aliphatic carbocycles.